The molecule has 0 aliphatic heterocycles. The minimum atomic E-state index is -4.46. The molecule has 0 saturated carbocycles. The monoisotopic (exact) mass is 680 g/mol. The molecule has 3 aromatic carbocycles. The molecule has 1 heterocycles. The van der Waals surface area contributed by atoms with Crippen LogP contribution in [0.3, 0.4) is 0 Å². The van der Waals surface area contributed by atoms with Crippen LogP contribution in [0.5, 0.6) is 5.75 Å². The van der Waals surface area contributed by atoms with Crippen molar-refractivity contribution in [3.8, 4) is 28.5 Å². The van der Waals surface area contributed by atoms with Crippen LogP contribution < -0.4 is 4.74 Å². The summed E-state index contributed by atoms with van der Waals surface area (Å²) in [6.07, 6.45) is -4.69. The molecule has 0 bridgehead atoms. The van der Waals surface area contributed by atoms with Crippen molar-refractivity contribution in [1.29, 1.82) is 0 Å². The topological polar surface area (TPSA) is 100 Å². The molecule has 0 fully saturated rings. The van der Waals surface area contributed by atoms with Gasteiger partial charge in [0, 0.05) is 11.1 Å². The molecule has 49 heavy (non-hydrogen) atoms. The first-order valence-electron chi connectivity index (χ1n) is 15.4. The highest BCUT2D eigenvalue weighted by molar-refractivity contribution is 5.71. The molecule has 0 spiro atoms. The van der Waals surface area contributed by atoms with Crippen molar-refractivity contribution < 1.29 is 46.2 Å². The van der Waals surface area contributed by atoms with Crippen molar-refractivity contribution in [2.45, 2.75) is 72.5 Å². The number of ether oxygens (including phenoxy) is 3. The van der Waals surface area contributed by atoms with Gasteiger partial charge in [0.1, 0.15) is 29.3 Å². The Hall–Kier alpha value is -5.26. The van der Waals surface area contributed by atoms with E-state index in [2.05, 4.69) is 4.98 Å². The average molecular weight is 681 g/mol. The Labute approximate surface area is 283 Å². The summed E-state index contributed by atoms with van der Waals surface area (Å²) in [5.74, 6) is 1.08. The molecule has 0 aliphatic rings. The number of allylic oxidation sites excluding steroid dienone is 1. The fourth-order valence-electron chi connectivity index (χ4n) is 4.33. The lowest BCUT2D eigenvalue weighted by Crippen LogP contribution is -2.39. The van der Waals surface area contributed by atoms with Crippen LogP contribution in [0.25, 0.3) is 28.4 Å². The number of nitrogens with zero attached hydrogens (tertiary/aromatic N) is 2. The van der Waals surface area contributed by atoms with Crippen molar-refractivity contribution in [2.75, 3.05) is 6.54 Å². The lowest BCUT2D eigenvalue weighted by Gasteiger charge is -2.26. The fourth-order valence-corrected chi connectivity index (χ4v) is 4.33. The van der Waals surface area contributed by atoms with Gasteiger partial charge < -0.3 is 18.6 Å². The Bertz CT molecular complexity index is 1770. The number of oxazole rings is 1. The third-order valence-electron chi connectivity index (χ3n) is 6.59. The van der Waals surface area contributed by atoms with E-state index in [1.165, 1.54) is 12.1 Å². The zero-order chi connectivity index (χ0) is 36.0. The Morgan fingerprint density at radius 1 is 0.837 bits per heavy atom. The van der Waals surface area contributed by atoms with Gasteiger partial charge in [-0.05, 0) is 96.0 Å². The van der Waals surface area contributed by atoms with Gasteiger partial charge in [0.2, 0.25) is 5.89 Å². The lowest BCUT2D eigenvalue weighted by atomic mass is 10.1. The number of carbonyl (C=O) groups is 2. The second-order valence-corrected chi connectivity index (χ2v) is 13.0. The normalized spacial score (nSPS) is 12.3. The maximum atomic E-state index is 13.1. The summed E-state index contributed by atoms with van der Waals surface area (Å²) in [4.78, 5) is 34.9. The van der Waals surface area contributed by atoms with Gasteiger partial charge in [-0.25, -0.2) is 14.6 Å². The van der Waals surface area contributed by atoms with E-state index in [-0.39, 0.29) is 19.0 Å². The van der Waals surface area contributed by atoms with E-state index in [9.17, 15) is 22.8 Å². The van der Waals surface area contributed by atoms with Gasteiger partial charge >= 0.3 is 18.4 Å². The van der Waals surface area contributed by atoms with Crippen molar-refractivity contribution in [1.82, 2.24) is 10.0 Å². The first kappa shape index (κ1) is 36.6. The van der Waals surface area contributed by atoms with Gasteiger partial charge in [-0.1, -0.05) is 48.5 Å². The largest absolute Gasteiger partial charge is 0.534 e. The smallest absolute Gasteiger partial charge is 0.487 e. The lowest BCUT2D eigenvalue weighted by molar-refractivity contribution is -0.137. The Balaban J connectivity index is 1.53. The molecule has 1 amide bonds. The molecular weight excluding hydrogens is 641 g/mol. The summed E-state index contributed by atoms with van der Waals surface area (Å²) in [5, 5.41) is 0.785. The highest BCUT2D eigenvalue weighted by Crippen LogP contribution is 2.34. The van der Waals surface area contributed by atoms with Crippen molar-refractivity contribution in [3.05, 3.63) is 102 Å². The number of halogens is 3. The third kappa shape index (κ3) is 10.9. The van der Waals surface area contributed by atoms with Crippen LogP contribution in [0.2, 0.25) is 0 Å². The molecule has 0 aliphatic carbocycles. The van der Waals surface area contributed by atoms with Gasteiger partial charge in [-0.3, -0.25) is 4.84 Å². The molecule has 12 heteroatoms. The van der Waals surface area contributed by atoms with Crippen LogP contribution in [0.4, 0.5) is 22.8 Å². The molecule has 260 valence electrons. The van der Waals surface area contributed by atoms with Gasteiger partial charge in [0.05, 0.1) is 12.1 Å². The van der Waals surface area contributed by atoms with Crippen LogP contribution in [-0.2, 0) is 27.1 Å². The van der Waals surface area contributed by atoms with E-state index in [0.717, 1.165) is 33.9 Å². The SMILES string of the molecule is C/C(=C\CN(OC(=O)OC(C)(C)C)C(=O)OC(C)(C)C)c1cccc(OCc2nc(-c3ccc(C(F)(F)F)cc3)oc2-c2ccccc2)c1. The van der Waals surface area contributed by atoms with E-state index in [0.29, 0.717) is 22.8 Å². The Kier molecular flexibility index (Phi) is 11.1. The van der Waals surface area contributed by atoms with Crippen molar-refractivity contribution in [3.63, 3.8) is 0 Å². The maximum absolute atomic E-state index is 13.1. The predicted octanol–water partition coefficient (Wildman–Crippen LogP) is 10.1. The van der Waals surface area contributed by atoms with Crippen LogP contribution in [0.15, 0.2) is 89.4 Å². The zero-order valence-corrected chi connectivity index (χ0v) is 28.4. The van der Waals surface area contributed by atoms with Crippen LogP contribution in [-0.4, -0.2) is 40.0 Å². The number of hydrogen-bond donors (Lipinski definition) is 0. The number of aromatic nitrogens is 1. The number of alkyl halides is 3. The van der Waals surface area contributed by atoms with Gasteiger partial charge in [-0.2, -0.15) is 13.2 Å². The molecule has 9 nitrogen and oxygen atoms in total. The van der Waals surface area contributed by atoms with Gasteiger partial charge in [0.15, 0.2) is 5.76 Å². The summed E-state index contributed by atoms with van der Waals surface area (Å²) in [5.41, 5.74) is 0.617. The fraction of sp³-hybridized carbons (Fsp3) is 0.324. The summed E-state index contributed by atoms with van der Waals surface area (Å²) < 4.78 is 62.1. The number of hydrogen-bond acceptors (Lipinski definition) is 8. The molecule has 0 radical (unpaired) electrons. The first-order valence-corrected chi connectivity index (χ1v) is 15.4. The molecule has 0 N–H and O–H groups in total. The van der Waals surface area contributed by atoms with E-state index in [1.807, 2.05) is 43.3 Å². The predicted molar refractivity (Wildman–Crippen MR) is 177 cm³/mol. The highest BCUT2D eigenvalue weighted by Gasteiger charge is 2.31. The van der Waals surface area contributed by atoms with Gasteiger partial charge in [0.25, 0.3) is 0 Å². The Morgan fingerprint density at radius 3 is 2.10 bits per heavy atom. The number of amides is 1. The van der Waals surface area contributed by atoms with E-state index in [4.69, 9.17) is 23.5 Å². The molecule has 4 aromatic rings. The minimum Gasteiger partial charge on any atom is -0.487 e. The van der Waals surface area contributed by atoms with Crippen LogP contribution in [0.1, 0.15) is 65.3 Å². The summed E-state index contributed by atoms with van der Waals surface area (Å²) >= 11 is 0. The maximum Gasteiger partial charge on any atom is 0.534 e. The third-order valence-corrected chi connectivity index (χ3v) is 6.59. The summed E-state index contributed by atoms with van der Waals surface area (Å²) in [6.45, 7) is 11.8. The van der Waals surface area contributed by atoms with Crippen molar-refractivity contribution >= 4 is 17.8 Å². The molecule has 0 unspecified atom stereocenters. The standard InChI is InChI=1S/C37H39F3N2O7/c1-24(20-21-42(33(43)47-35(2,3)4)49-34(44)48-36(5,6)7)27-14-11-15-29(22-27)45-23-30-31(25-12-9-8-10-13-25)46-32(41-30)26-16-18-28(19-17-26)37(38,39)40/h8-20,22H,21,23H2,1-7H3/b24-20+. The highest BCUT2D eigenvalue weighted by atomic mass is 19.4. The zero-order valence-electron chi connectivity index (χ0n) is 28.4. The second kappa shape index (κ2) is 14.9. The summed E-state index contributed by atoms with van der Waals surface area (Å²) in [7, 11) is 0. The first-order chi connectivity index (χ1) is 22.9. The average Bonchev–Trinajstić information content (AvgIpc) is 3.45. The number of benzene rings is 3. The number of carbonyl (C=O) groups excluding carboxylic acids is 2. The quantitative estimate of drug-likeness (QED) is 0.134. The van der Waals surface area contributed by atoms with Crippen LogP contribution >= 0.6 is 0 Å². The summed E-state index contributed by atoms with van der Waals surface area (Å²) in [6, 6.07) is 21.0. The molecule has 0 saturated heterocycles. The van der Waals surface area contributed by atoms with E-state index in [1.54, 1.807) is 65.8 Å². The van der Waals surface area contributed by atoms with Crippen LogP contribution in [0, 0.1) is 0 Å². The molecule has 1 aromatic heterocycles. The van der Waals surface area contributed by atoms with Gasteiger partial charge in [-0.15, -0.1) is 5.06 Å². The Morgan fingerprint density at radius 2 is 1.49 bits per heavy atom. The molecule has 0 atom stereocenters. The molecular formula is C37H39F3N2O7. The minimum absolute atomic E-state index is 0.00325. The number of rotatable bonds is 8. The van der Waals surface area contributed by atoms with Crippen molar-refractivity contribution in [2.24, 2.45) is 0 Å². The van der Waals surface area contributed by atoms with E-state index < -0.39 is 35.2 Å². The number of hydroxylamine groups is 2. The second-order valence-electron chi connectivity index (χ2n) is 13.0. The molecule has 4 rings (SSSR count). The van der Waals surface area contributed by atoms with E-state index >= 15 is 0 Å².